The van der Waals surface area contributed by atoms with Crippen LogP contribution in [0.5, 0.6) is 0 Å². The number of thioether (sulfide) groups is 1. The van der Waals surface area contributed by atoms with Crippen molar-refractivity contribution in [3.05, 3.63) is 59.3 Å². The fourth-order valence-corrected chi connectivity index (χ4v) is 3.63. The quantitative estimate of drug-likeness (QED) is 0.539. The summed E-state index contributed by atoms with van der Waals surface area (Å²) in [5, 5.41) is 13.0. The minimum atomic E-state index is -0.198. The van der Waals surface area contributed by atoms with Gasteiger partial charge >= 0.3 is 0 Å². The first-order valence-corrected chi connectivity index (χ1v) is 10.6. The van der Waals surface area contributed by atoms with Crippen molar-refractivity contribution in [1.29, 1.82) is 0 Å². The monoisotopic (exact) mass is 433 g/mol. The Morgan fingerprint density at radius 3 is 2.59 bits per heavy atom. The molecule has 0 radical (unpaired) electrons. The van der Waals surface area contributed by atoms with Gasteiger partial charge in [0.2, 0.25) is 5.91 Å². The molecular formula is C20H24ClN5O2S. The molecule has 0 fully saturated rings. The smallest absolute Gasteiger partial charge is 0.231 e. The van der Waals surface area contributed by atoms with Crippen molar-refractivity contribution in [2.75, 3.05) is 19.8 Å². The number of amides is 1. The summed E-state index contributed by atoms with van der Waals surface area (Å²) in [6.07, 6.45) is 1.59. The van der Waals surface area contributed by atoms with E-state index in [0.29, 0.717) is 10.2 Å². The molecule has 2 heterocycles. The lowest BCUT2D eigenvalue weighted by atomic mass is 10.2. The molecule has 9 heteroatoms. The average Bonchev–Trinajstić information content (AvgIpc) is 3.36. The van der Waals surface area contributed by atoms with Crippen LogP contribution in [0.3, 0.4) is 0 Å². The minimum Gasteiger partial charge on any atom is -0.467 e. The molecule has 0 saturated heterocycles. The van der Waals surface area contributed by atoms with Crippen LogP contribution in [0.25, 0.3) is 5.69 Å². The molecule has 0 aliphatic heterocycles. The lowest BCUT2D eigenvalue weighted by Gasteiger charge is -2.20. The van der Waals surface area contributed by atoms with Gasteiger partial charge in [-0.15, -0.1) is 10.2 Å². The van der Waals surface area contributed by atoms with Crippen LogP contribution in [-0.4, -0.2) is 45.4 Å². The largest absolute Gasteiger partial charge is 0.467 e. The van der Waals surface area contributed by atoms with Crippen LogP contribution in [0, 0.1) is 0 Å². The van der Waals surface area contributed by atoms with E-state index in [2.05, 4.69) is 27.3 Å². The molecule has 3 rings (SSSR count). The van der Waals surface area contributed by atoms with Gasteiger partial charge in [0.15, 0.2) is 11.0 Å². The van der Waals surface area contributed by atoms with E-state index in [-0.39, 0.29) is 23.7 Å². The molecule has 0 bridgehead atoms. The molecule has 29 heavy (non-hydrogen) atoms. The van der Waals surface area contributed by atoms with Crippen LogP contribution in [-0.2, 0) is 4.79 Å². The average molecular weight is 434 g/mol. The van der Waals surface area contributed by atoms with E-state index in [4.69, 9.17) is 16.0 Å². The molecule has 154 valence electrons. The van der Waals surface area contributed by atoms with Gasteiger partial charge < -0.3 is 9.73 Å². The van der Waals surface area contributed by atoms with E-state index in [1.165, 1.54) is 11.8 Å². The highest BCUT2D eigenvalue weighted by atomic mass is 35.5. The molecule has 1 aromatic carbocycles. The summed E-state index contributed by atoms with van der Waals surface area (Å²) in [7, 11) is 3.98. The van der Waals surface area contributed by atoms with Gasteiger partial charge in [0, 0.05) is 10.7 Å². The van der Waals surface area contributed by atoms with Crippen molar-refractivity contribution < 1.29 is 9.21 Å². The van der Waals surface area contributed by atoms with E-state index in [9.17, 15) is 4.79 Å². The van der Waals surface area contributed by atoms with E-state index in [1.54, 1.807) is 12.3 Å². The van der Waals surface area contributed by atoms with Crippen LogP contribution in [0.15, 0.2) is 52.2 Å². The van der Waals surface area contributed by atoms with Crippen molar-refractivity contribution in [1.82, 2.24) is 25.0 Å². The van der Waals surface area contributed by atoms with Gasteiger partial charge in [-0.1, -0.05) is 23.4 Å². The van der Waals surface area contributed by atoms with Gasteiger partial charge in [0.1, 0.15) is 5.76 Å². The lowest BCUT2D eigenvalue weighted by molar-refractivity contribution is -0.119. The Bertz CT molecular complexity index is 940. The third kappa shape index (κ3) is 5.20. The van der Waals surface area contributed by atoms with Crippen LogP contribution >= 0.6 is 23.4 Å². The number of carbonyl (C=O) groups excluding carboxylic acids is 1. The standard InChI is InChI=1S/C20H24ClN5O2S/c1-13(17-6-5-11-28-17)22-18(27)12-29-20-24-23-19(14(2)25(3)4)26(20)16-9-7-15(21)8-10-16/h5-11,13-14H,12H2,1-4H3,(H,22,27). The summed E-state index contributed by atoms with van der Waals surface area (Å²) in [4.78, 5) is 14.5. The Morgan fingerprint density at radius 2 is 1.97 bits per heavy atom. The van der Waals surface area contributed by atoms with Gasteiger partial charge in [0.05, 0.1) is 24.1 Å². The first-order valence-electron chi connectivity index (χ1n) is 9.20. The molecule has 2 unspecified atom stereocenters. The minimum absolute atomic E-state index is 0.0420. The Labute approximate surface area is 179 Å². The predicted molar refractivity (Wildman–Crippen MR) is 114 cm³/mol. The second kappa shape index (κ2) is 9.47. The molecular weight excluding hydrogens is 410 g/mol. The third-order valence-corrected chi connectivity index (χ3v) is 5.75. The molecule has 1 amide bonds. The Balaban J connectivity index is 1.78. The molecule has 0 spiro atoms. The highest BCUT2D eigenvalue weighted by molar-refractivity contribution is 7.99. The zero-order valence-electron chi connectivity index (χ0n) is 16.8. The van der Waals surface area contributed by atoms with E-state index in [1.807, 2.05) is 55.9 Å². The van der Waals surface area contributed by atoms with Crippen LogP contribution < -0.4 is 5.32 Å². The maximum absolute atomic E-state index is 12.4. The first-order chi connectivity index (χ1) is 13.9. The number of hydrogen-bond donors (Lipinski definition) is 1. The van der Waals surface area contributed by atoms with Crippen molar-refractivity contribution >= 4 is 29.3 Å². The third-order valence-electron chi connectivity index (χ3n) is 4.57. The Kier molecular flexibility index (Phi) is 7.00. The van der Waals surface area contributed by atoms with Gasteiger partial charge in [-0.05, 0) is 64.3 Å². The summed E-state index contributed by atoms with van der Waals surface area (Å²) in [5.41, 5.74) is 0.898. The number of halogens is 1. The zero-order valence-corrected chi connectivity index (χ0v) is 18.4. The van der Waals surface area contributed by atoms with Gasteiger partial charge in [-0.25, -0.2) is 0 Å². The number of carbonyl (C=O) groups is 1. The summed E-state index contributed by atoms with van der Waals surface area (Å²) in [5.74, 6) is 1.62. The number of hydrogen-bond acceptors (Lipinski definition) is 6. The molecule has 0 aliphatic carbocycles. The van der Waals surface area contributed by atoms with Gasteiger partial charge in [-0.2, -0.15) is 0 Å². The molecule has 0 aliphatic rings. The summed E-state index contributed by atoms with van der Waals surface area (Å²) < 4.78 is 7.30. The zero-order chi connectivity index (χ0) is 21.0. The second-order valence-electron chi connectivity index (χ2n) is 6.89. The number of nitrogens with zero attached hydrogens (tertiary/aromatic N) is 4. The maximum Gasteiger partial charge on any atom is 0.231 e. The molecule has 2 atom stereocenters. The highest BCUT2D eigenvalue weighted by Crippen LogP contribution is 2.27. The van der Waals surface area contributed by atoms with Crippen LogP contribution in [0.4, 0.5) is 0 Å². The molecule has 0 saturated carbocycles. The second-order valence-corrected chi connectivity index (χ2v) is 8.26. The number of rotatable bonds is 8. The first kappa shape index (κ1) is 21.4. The summed E-state index contributed by atoms with van der Waals surface area (Å²) in [6.45, 7) is 3.94. The molecule has 7 nitrogen and oxygen atoms in total. The van der Waals surface area contributed by atoms with E-state index in [0.717, 1.165) is 17.3 Å². The summed E-state index contributed by atoms with van der Waals surface area (Å²) in [6, 6.07) is 11.0. The van der Waals surface area contributed by atoms with Crippen LogP contribution in [0.1, 0.15) is 37.5 Å². The van der Waals surface area contributed by atoms with Crippen molar-refractivity contribution in [2.45, 2.75) is 31.1 Å². The van der Waals surface area contributed by atoms with Crippen LogP contribution in [0.2, 0.25) is 5.02 Å². The fraction of sp³-hybridized carbons (Fsp3) is 0.350. The maximum atomic E-state index is 12.4. The number of benzene rings is 1. The van der Waals surface area contributed by atoms with Crippen molar-refractivity contribution in [3.8, 4) is 5.69 Å². The van der Waals surface area contributed by atoms with Gasteiger partial charge in [0.25, 0.3) is 0 Å². The number of nitrogens with one attached hydrogen (secondary N) is 1. The lowest BCUT2D eigenvalue weighted by Crippen LogP contribution is -2.28. The molecule has 1 N–H and O–H groups in total. The topological polar surface area (TPSA) is 76.2 Å². The van der Waals surface area contributed by atoms with Crippen molar-refractivity contribution in [2.24, 2.45) is 0 Å². The molecule has 3 aromatic rings. The summed E-state index contributed by atoms with van der Waals surface area (Å²) >= 11 is 7.38. The highest BCUT2D eigenvalue weighted by Gasteiger charge is 2.22. The van der Waals surface area contributed by atoms with Gasteiger partial charge in [-0.3, -0.25) is 14.3 Å². The van der Waals surface area contributed by atoms with E-state index < -0.39 is 0 Å². The predicted octanol–water partition coefficient (Wildman–Crippen LogP) is 4.11. The SMILES string of the molecule is CC(NC(=O)CSc1nnc(C(C)N(C)C)n1-c1ccc(Cl)cc1)c1ccco1. The fourth-order valence-electron chi connectivity index (χ4n) is 2.73. The number of furan rings is 1. The Hall–Kier alpha value is -2.29. The number of aromatic nitrogens is 3. The van der Waals surface area contributed by atoms with Crippen molar-refractivity contribution in [3.63, 3.8) is 0 Å². The normalized spacial score (nSPS) is 13.4. The van der Waals surface area contributed by atoms with E-state index >= 15 is 0 Å². The Morgan fingerprint density at radius 1 is 1.24 bits per heavy atom. The molecule has 2 aromatic heterocycles.